The molecule has 0 heterocycles. The van der Waals surface area contributed by atoms with Gasteiger partial charge in [-0.25, -0.2) is 0 Å². The topological polar surface area (TPSA) is 55.1 Å². The lowest BCUT2D eigenvalue weighted by Crippen LogP contribution is -2.12. The number of hydrogen-bond acceptors (Lipinski definition) is 3. The van der Waals surface area contributed by atoms with Crippen LogP contribution in [0.5, 0.6) is 0 Å². The van der Waals surface area contributed by atoms with Crippen LogP contribution in [-0.2, 0) is 0 Å². The first-order valence-corrected chi connectivity index (χ1v) is 7.98. The van der Waals surface area contributed by atoms with Gasteiger partial charge in [0.2, 0.25) is 0 Å². The molecular weight excluding hydrogens is 336 g/mol. The van der Waals surface area contributed by atoms with Gasteiger partial charge >= 0.3 is 0 Å². The van der Waals surface area contributed by atoms with Gasteiger partial charge < -0.3 is 11.1 Å². The SMILES string of the molecule is CCSc1ccccc1NC(=O)c1ccc(Br)c(N)c1. The van der Waals surface area contributed by atoms with Crippen molar-refractivity contribution in [1.29, 1.82) is 0 Å². The molecule has 0 spiro atoms. The zero-order valence-electron chi connectivity index (χ0n) is 11.0. The molecule has 3 N–H and O–H groups in total. The second-order valence-corrected chi connectivity index (χ2v) is 6.28. The lowest BCUT2D eigenvalue weighted by atomic mass is 10.2. The van der Waals surface area contributed by atoms with E-state index >= 15 is 0 Å². The van der Waals surface area contributed by atoms with E-state index in [2.05, 4.69) is 28.2 Å². The molecule has 0 radical (unpaired) electrons. The number of anilines is 2. The number of rotatable bonds is 4. The zero-order valence-corrected chi connectivity index (χ0v) is 13.4. The first-order valence-electron chi connectivity index (χ1n) is 6.20. The third-order valence-corrected chi connectivity index (χ3v) is 4.37. The summed E-state index contributed by atoms with van der Waals surface area (Å²) < 4.78 is 0.788. The van der Waals surface area contributed by atoms with E-state index in [4.69, 9.17) is 5.73 Å². The Kier molecular flexibility index (Phi) is 5.09. The number of carbonyl (C=O) groups excluding carboxylic acids is 1. The third kappa shape index (κ3) is 3.55. The molecule has 0 saturated carbocycles. The standard InChI is InChI=1S/C15H15BrN2OS/c1-2-20-14-6-4-3-5-13(14)18-15(19)10-7-8-11(16)12(17)9-10/h3-9H,2,17H2,1H3,(H,18,19). The molecule has 104 valence electrons. The van der Waals surface area contributed by atoms with Gasteiger partial charge in [-0.2, -0.15) is 0 Å². The van der Waals surface area contributed by atoms with Crippen LogP contribution in [0.2, 0.25) is 0 Å². The summed E-state index contributed by atoms with van der Waals surface area (Å²) in [6.07, 6.45) is 0. The minimum Gasteiger partial charge on any atom is -0.398 e. The second-order valence-electron chi connectivity index (χ2n) is 4.12. The first kappa shape index (κ1) is 14.9. The molecule has 3 nitrogen and oxygen atoms in total. The van der Waals surface area contributed by atoms with E-state index < -0.39 is 0 Å². The average molecular weight is 351 g/mol. The van der Waals surface area contributed by atoms with E-state index in [1.165, 1.54) is 0 Å². The summed E-state index contributed by atoms with van der Waals surface area (Å²) >= 11 is 5.02. The minimum atomic E-state index is -0.159. The van der Waals surface area contributed by atoms with Crippen molar-refractivity contribution in [2.75, 3.05) is 16.8 Å². The van der Waals surface area contributed by atoms with Crippen molar-refractivity contribution < 1.29 is 4.79 Å². The Morgan fingerprint density at radius 3 is 2.75 bits per heavy atom. The Labute approximate surface area is 131 Å². The van der Waals surface area contributed by atoms with E-state index in [-0.39, 0.29) is 5.91 Å². The molecule has 0 saturated heterocycles. The van der Waals surface area contributed by atoms with Crippen LogP contribution in [0.25, 0.3) is 0 Å². The number of amides is 1. The third-order valence-electron chi connectivity index (χ3n) is 2.69. The summed E-state index contributed by atoms with van der Waals surface area (Å²) in [4.78, 5) is 13.3. The number of thioether (sulfide) groups is 1. The molecule has 0 unspecified atom stereocenters. The van der Waals surface area contributed by atoms with Crippen LogP contribution < -0.4 is 11.1 Å². The lowest BCUT2D eigenvalue weighted by Gasteiger charge is -2.10. The summed E-state index contributed by atoms with van der Waals surface area (Å²) in [6, 6.07) is 13.0. The molecule has 2 rings (SSSR count). The highest BCUT2D eigenvalue weighted by atomic mass is 79.9. The molecule has 0 fully saturated rings. The molecule has 5 heteroatoms. The first-order chi connectivity index (χ1) is 9.61. The maximum Gasteiger partial charge on any atom is 0.255 e. The number of hydrogen-bond donors (Lipinski definition) is 2. The molecule has 0 aliphatic carbocycles. The number of nitrogen functional groups attached to an aromatic ring is 1. The normalized spacial score (nSPS) is 10.3. The zero-order chi connectivity index (χ0) is 14.5. The lowest BCUT2D eigenvalue weighted by molar-refractivity contribution is 0.102. The van der Waals surface area contributed by atoms with Crippen LogP contribution >= 0.6 is 27.7 Å². The quantitative estimate of drug-likeness (QED) is 0.634. The van der Waals surface area contributed by atoms with Gasteiger partial charge in [0, 0.05) is 20.6 Å². The fourth-order valence-electron chi connectivity index (χ4n) is 1.73. The molecule has 2 aromatic rings. The monoisotopic (exact) mass is 350 g/mol. The Bertz CT molecular complexity index is 631. The number of benzene rings is 2. The summed E-state index contributed by atoms with van der Waals surface area (Å²) in [5.41, 5.74) is 7.72. The van der Waals surface area contributed by atoms with Gasteiger partial charge in [-0.15, -0.1) is 11.8 Å². The molecule has 1 amide bonds. The van der Waals surface area contributed by atoms with Crippen molar-refractivity contribution in [3.8, 4) is 0 Å². The molecule has 2 aromatic carbocycles. The second kappa shape index (κ2) is 6.81. The van der Waals surface area contributed by atoms with Gasteiger partial charge in [-0.05, 0) is 52.0 Å². The van der Waals surface area contributed by atoms with Crippen LogP contribution in [0.4, 0.5) is 11.4 Å². The molecule has 0 bridgehead atoms. The van der Waals surface area contributed by atoms with Crippen molar-refractivity contribution in [3.63, 3.8) is 0 Å². The molecule has 0 atom stereocenters. The van der Waals surface area contributed by atoms with Crippen LogP contribution in [0, 0.1) is 0 Å². The van der Waals surface area contributed by atoms with Crippen molar-refractivity contribution in [3.05, 3.63) is 52.5 Å². The largest absolute Gasteiger partial charge is 0.398 e. The van der Waals surface area contributed by atoms with Gasteiger partial charge in [0.25, 0.3) is 5.91 Å². The number of nitrogens with one attached hydrogen (secondary N) is 1. The van der Waals surface area contributed by atoms with Crippen LogP contribution in [0.1, 0.15) is 17.3 Å². The number of nitrogens with two attached hydrogens (primary N) is 1. The van der Waals surface area contributed by atoms with Gasteiger partial charge in [-0.1, -0.05) is 19.1 Å². The van der Waals surface area contributed by atoms with Gasteiger partial charge in [0.15, 0.2) is 0 Å². The van der Waals surface area contributed by atoms with E-state index in [0.717, 1.165) is 20.8 Å². The molecule has 0 aliphatic heterocycles. The molecular formula is C15H15BrN2OS. The molecule has 0 aromatic heterocycles. The fraction of sp³-hybridized carbons (Fsp3) is 0.133. The minimum absolute atomic E-state index is 0.159. The predicted molar refractivity (Wildman–Crippen MR) is 89.3 cm³/mol. The summed E-state index contributed by atoms with van der Waals surface area (Å²) in [5.74, 6) is 0.798. The van der Waals surface area contributed by atoms with Gasteiger partial charge in [0.1, 0.15) is 0 Å². The summed E-state index contributed by atoms with van der Waals surface area (Å²) in [6.45, 7) is 2.08. The summed E-state index contributed by atoms with van der Waals surface area (Å²) in [5, 5.41) is 2.93. The van der Waals surface area contributed by atoms with E-state index in [9.17, 15) is 4.79 Å². The fourth-order valence-corrected chi connectivity index (χ4v) is 2.74. The highest BCUT2D eigenvalue weighted by molar-refractivity contribution is 9.10. The maximum absolute atomic E-state index is 12.2. The molecule has 20 heavy (non-hydrogen) atoms. The maximum atomic E-state index is 12.2. The van der Waals surface area contributed by atoms with Crippen LogP contribution in [0.15, 0.2) is 51.8 Å². The Hall–Kier alpha value is -1.46. The Morgan fingerprint density at radius 1 is 1.30 bits per heavy atom. The van der Waals surface area contributed by atoms with Crippen molar-refractivity contribution >= 4 is 45.0 Å². The highest BCUT2D eigenvalue weighted by Crippen LogP contribution is 2.27. The molecule has 0 aliphatic rings. The number of para-hydroxylation sites is 1. The highest BCUT2D eigenvalue weighted by Gasteiger charge is 2.10. The summed E-state index contributed by atoms with van der Waals surface area (Å²) in [7, 11) is 0. The van der Waals surface area contributed by atoms with Crippen molar-refractivity contribution in [2.45, 2.75) is 11.8 Å². The smallest absolute Gasteiger partial charge is 0.255 e. The Morgan fingerprint density at radius 2 is 2.05 bits per heavy atom. The van der Waals surface area contributed by atoms with E-state index in [1.54, 1.807) is 30.0 Å². The van der Waals surface area contributed by atoms with Crippen LogP contribution in [0.3, 0.4) is 0 Å². The number of halogens is 1. The number of carbonyl (C=O) groups is 1. The van der Waals surface area contributed by atoms with Gasteiger partial charge in [0.05, 0.1) is 5.69 Å². The van der Waals surface area contributed by atoms with Crippen LogP contribution in [-0.4, -0.2) is 11.7 Å². The predicted octanol–water partition coefficient (Wildman–Crippen LogP) is 4.40. The van der Waals surface area contributed by atoms with E-state index in [1.807, 2.05) is 24.3 Å². The average Bonchev–Trinajstić information content (AvgIpc) is 2.44. The van der Waals surface area contributed by atoms with E-state index in [0.29, 0.717) is 11.3 Å². The Balaban J connectivity index is 2.21. The van der Waals surface area contributed by atoms with Crippen molar-refractivity contribution in [2.24, 2.45) is 0 Å². The van der Waals surface area contributed by atoms with Gasteiger partial charge in [-0.3, -0.25) is 4.79 Å². The van der Waals surface area contributed by atoms with Crippen molar-refractivity contribution in [1.82, 2.24) is 0 Å².